The molecule has 0 radical (unpaired) electrons. The van der Waals surface area contributed by atoms with Crippen molar-refractivity contribution in [3.05, 3.63) is 33.6 Å². The minimum atomic E-state index is -3.67. The standard InChI is InChI=1S/C12H9F2NO3/c1-5-6(2)15-8-4-10-9(3-7(8)11(5)16)17-12(13,14)18-10/h3-4H,1-2H3,(H,15,16). The third kappa shape index (κ3) is 1.45. The summed E-state index contributed by atoms with van der Waals surface area (Å²) in [6.45, 7) is 3.42. The number of H-pyrrole nitrogens is 1. The molecule has 0 bridgehead atoms. The molecule has 0 aliphatic carbocycles. The third-order valence-electron chi connectivity index (χ3n) is 3.01. The largest absolute Gasteiger partial charge is 0.586 e. The van der Waals surface area contributed by atoms with Crippen molar-refractivity contribution in [1.29, 1.82) is 0 Å². The molecule has 1 aromatic carbocycles. The van der Waals surface area contributed by atoms with Gasteiger partial charge in [0.1, 0.15) is 0 Å². The molecule has 3 rings (SSSR count). The highest BCUT2D eigenvalue weighted by Crippen LogP contribution is 2.42. The van der Waals surface area contributed by atoms with Crippen molar-refractivity contribution in [1.82, 2.24) is 4.98 Å². The SMILES string of the molecule is Cc1[nH]c2cc3c(cc2c(=O)c1C)OC(F)(F)O3. The number of nitrogens with one attached hydrogen (secondary N) is 1. The Morgan fingerprint density at radius 3 is 2.44 bits per heavy atom. The minimum Gasteiger partial charge on any atom is -0.395 e. The molecule has 0 atom stereocenters. The number of fused-ring (bicyclic) bond motifs is 2. The summed E-state index contributed by atoms with van der Waals surface area (Å²) in [6, 6.07) is 2.62. The number of pyridine rings is 1. The Kier molecular flexibility index (Phi) is 1.97. The molecule has 1 aromatic heterocycles. The van der Waals surface area contributed by atoms with Gasteiger partial charge in [0.25, 0.3) is 0 Å². The Morgan fingerprint density at radius 2 is 1.78 bits per heavy atom. The van der Waals surface area contributed by atoms with Crippen LogP contribution in [0.3, 0.4) is 0 Å². The second kappa shape index (κ2) is 3.22. The number of benzene rings is 1. The van der Waals surface area contributed by atoms with E-state index in [4.69, 9.17) is 0 Å². The van der Waals surface area contributed by atoms with Gasteiger partial charge in [-0.2, -0.15) is 0 Å². The second-order valence-corrected chi connectivity index (χ2v) is 4.22. The molecule has 6 heteroatoms. The van der Waals surface area contributed by atoms with Crippen molar-refractivity contribution in [2.75, 3.05) is 0 Å². The molecule has 18 heavy (non-hydrogen) atoms. The van der Waals surface area contributed by atoms with Gasteiger partial charge in [0.05, 0.1) is 5.52 Å². The Hall–Kier alpha value is -2.11. The summed E-state index contributed by atoms with van der Waals surface area (Å²) in [5.74, 6) is -0.201. The van der Waals surface area contributed by atoms with Crippen LogP contribution in [-0.4, -0.2) is 11.3 Å². The maximum absolute atomic E-state index is 12.9. The lowest BCUT2D eigenvalue weighted by Crippen LogP contribution is -2.25. The first-order chi connectivity index (χ1) is 8.37. The van der Waals surface area contributed by atoms with Crippen LogP contribution in [0, 0.1) is 13.8 Å². The molecule has 1 aliphatic heterocycles. The molecule has 1 N–H and O–H groups in total. The first kappa shape index (κ1) is 11.0. The van der Waals surface area contributed by atoms with Crippen LogP contribution in [0.2, 0.25) is 0 Å². The molecule has 0 saturated carbocycles. The van der Waals surface area contributed by atoms with Gasteiger partial charge in [-0.15, -0.1) is 8.78 Å². The van der Waals surface area contributed by atoms with Gasteiger partial charge in [0, 0.05) is 22.7 Å². The van der Waals surface area contributed by atoms with E-state index in [0.29, 0.717) is 22.2 Å². The highest BCUT2D eigenvalue weighted by molar-refractivity contribution is 5.83. The number of aromatic amines is 1. The monoisotopic (exact) mass is 253 g/mol. The fourth-order valence-corrected chi connectivity index (χ4v) is 1.96. The van der Waals surface area contributed by atoms with Gasteiger partial charge in [0.15, 0.2) is 16.9 Å². The maximum atomic E-state index is 12.9. The van der Waals surface area contributed by atoms with Crippen molar-refractivity contribution in [2.24, 2.45) is 0 Å². The first-order valence-corrected chi connectivity index (χ1v) is 5.30. The van der Waals surface area contributed by atoms with E-state index in [1.807, 2.05) is 0 Å². The molecule has 0 fully saturated rings. The van der Waals surface area contributed by atoms with Crippen LogP contribution in [0.15, 0.2) is 16.9 Å². The Balaban J connectivity index is 2.33. The molecule has 4 nitrogen and oxygen atoms in total. The summed E-state index contributed by atoms with van der Waals surface area (Å²) >= 11 is 0. The van der Waals surface area contributed by atoms with Gasteiger partial charge >= 0.3 is 6.29 Å². The van der Waals surface area contributed by atoms with Crippen LogP contribution in [0.4, 0.5) is 8.78 Å². The summed E-state index contributed by atoms with van der Waals surface area (Å²) in [4.78, 5) is 15.0. The Bertz CT molecular complexity index is 721. The number of alkyl halides is 2. The van der Waals surface area contributed by atoms with Gasteiger partial charge in [-0.25, -0.2) is 0 Å². The van der Waals surface area contributed by atoms with Crippen molar-refractivity contribution < 1.29 is 18.3 Å². The lowest BCUT2D eigenvalue weighted by atomic mass is 10.1. The summed E-state index contributed by atoms with van der Waals surface area (Å²) in [7, 11) is 0. The Labute approximate surface area is 100 Å². The molecule has 94 valence electrons. The van der Waals surface area contributed by atoms with E-state index in [1.165, 1.54) is 12.1 Å². The minimum absolute atomic E-state index is 0.0774. The smallest absolute Gasteiger partial charge is 0.395 e. The summed E-state index contributed by atoms with van der Waals surface area (Å²) in [5.41, 5.74) is 1.48. The maximum Gasteiger partial charge on any atom is 0.586 e. The molecule has 0 amide bonds. The molecule has 0 spiro atoms. The molecule has 2 aromatic rings. The number of rotatable bonds is 0. The van der Waals surface area contributed by atoms with Crippen LogP contribution in [0.25, 0.3) is 10.9 Å². The molecule has 0 saturated heterocycles. The summed E-state index contributed by atoms with van der Waals surface area (Å²) < 4.78 is 34.5. The number of aromatic nitrogens is 1. The zero-order valence-corrected chi connectivity index (χ0v) is 9.64. The topological polar surface area (TPSA) is 51.3 Å². The summed E-state index contributed by atoms with van der Waals surface area (Å²) in [5, 5.41) is 0.304. The van der Waals surface area contributed by atoms with E-state index in [0.717, 1.165) is 0 Å². The van der Waals surface area contributed by atoms with Gasteiger partial charge in [-0.05, 0) is 19.9 Å². The van der Waals surface area contributed by atoms with E-state index in [1.54, 1.807) is 13.8 Å². The quantitative estimate of drug-likeness (QED) is 0.784. The van der Waals surface area contributed by atoms with E-state index in [9.17, 15) is 13.6 Å². The van der Waals surface area contributed by atoms with Crippen molar-refractivity contribution in [2.45, 2.75) is 20.1 Å². The van der Waals surface area contributed by atoms with Crippen LogP contribution in [-0.2, 0) is 0 Å². The molecular weight excluding hydrogens is 244 g/mol. The highest BCUT2D eigenvalue weighted by Gasteiger charge is 2.43. The van der Waals surface area contributed by atoms with Gasteiger partial charge in [-0.3, -0.25) is 4.79 Å². The number of halogens is 2. The molecule has 1 aliphatic rings. The van der Waals surface area contributed by atoms with E-state index in [2.05, 4.69) is 14.5 Å². The predicted molar refractivity (Wildman–Crippen MR) is 60.2 cm³/mol. The molecule has 2 heterocycles. The number of hydrogen-bond donors (Lipinski definition) is 1. The number of ether oxygens (including phenoxy) is 2. The normalized spacial score (nSPS) is 16.2. The van der Waals surface area contributed by atoms with Crippen molar-refractivity contribution in [3.8, 4) is 11.5 Å². The van der Waals surface area contributed by atoms with Gasteiger partial charge in [0.2, 0.25) is 0 Å². The average Bonchev–Trinajstić information content (AvgIpc) is 2.57. The zero-order chi connectivity index (χ0) is 13.1. The van der Waals surface area contributed by atoms with Gasteiger partial charge in [-0.1, -0.05) is 0 Å². The second-order valence-electron chi connectivity index (χ2n) is 4.22. The van der Waals surface area contributed by atoms with Crippen LogP contribution in [0.5, 0.6) is 11.5 Å². The van der Waals surface area contributed by atoms with Crippen molar-refractivity contribution in [3.63, 3.8) is 0 Å². The van der Waals surface area contributed by atoms with Crippen LogP contribution in [0.1, 0.15) is 11.3 Å². The van der Waals surface area contributed by atoms with E-state index >= 15 is 0 Å². The lowest BCUT2D eigenvalue weighted by Gasteiger charge is -2.04. The predicted octanol–water partition coefficient (Wildman–Crippen LogP) is 2.47. The average molecular weight is 253 g/mol. The third-order valence-corrected chi connectivity index (χ3v) is 3.01. The van der Waals surface area contributed by atoms with Gasteiger partial charge < -0.3 is 14.5 Å². The fraction of sp³-hybridized carbons (Fsp3) is 0.250. The van der Waals surface area contributed by atoms with Crippen molar-refractivity contribution >= 4 is 10.9 Å². The Morgan fingerprint density at radius 1 is 1.17 bits per heavy atom. The van der Waals surface area contributed by atoms with Crippen LogP contribution < -0.4 is 14.9 Å². The number of hydrogen-bond acceptors (Lipinski definition) is 3. The van der Waals surface area contributed by atoms with Crippen LogP contribution >= 0.6 is 0 Å². The zero-order valence-electron chi connectivity index (χ0n) is 9.64. The fourth-order valence-electron chi connectivity index (χ4n) is 1.96. The molecule has 0 unspecified atom stereocenters. The number of aryl methyl sites for hydroxylation is 1. The highest BCUT2D eigenvalue weighted by atomic mass is 19.3. The first-order valence-electron chi connectivity index (χ1n) is 5.30. The van der Waals surface area contributed by atoms with E-state index in [-0.39, 0.29) is 16.9 Å². The lowest BCUT2D eigenvalue weighted by molar-refractivity contribution is -0.286. The van der Waals surface area contributed by atoms with E-state index < -0.39 is 6.29 Å². The summed E-state index contributed by atoms with van der Waals surface area (Å²) in [6.07, 6.45) is -3.67. The molecular formula is C12H9F2NO3.